The molecule has 0 unspecified atom stereocenters. The summed E-state index contributed by atoms with van der Waals surface area (Å²) in [6.07, 6.45) is 1.87. The van der Waals surface area contributed by atoms with E-state index in [2.05, 4.69) is 115 Å². The normalized spacial score (nSPS) is 10.8. The lowest BCUT2D eigenvalue weighted by atomic mass is 10.0. The van der Waals surface area contributed by atoms with Gasteiger partial charge in [-0.2, -0.15) is 0 Å². The molecular weight excluding hydrogens is 388 g/mol. The van der Waals surface area contributed by atoms with E-state index in [-0.39, 0.29) is 0 Å². The molecule has 5 aromatic carbocycles. The van der Waals surface area contributed by atoms with E-state index >= 15 is 0 Å². The Morgan fingerprint density at radius 3 is 1.81 bits per heavy atom. The molecule has 0 bridgehead atoms. The third-order valence-electron chi connectivity index (χ3n) is 5.76. The summed E-state index contributed by atoms with van der Waals surface area (Å²) in [5, 5.41) is 2.43. The molecule has 0 aliphatic carbocycles. The first kappa shape index (κ1) is 19.7. The average Bonchev–Trinajstić information content (AvgIpc) is 2.86. The Hall–Kier alpha value is -4.30. The maximum Gasteiger partial charge on any atom is 0.0540 e. The molecule has 2 nitrogen and oxygen atoms in total. The van der Waals surface area contributed by atoms with E-state index in [1.807, 2.05) is 18.2 Å². The minimum atomic E-state index is 0.774. The highest BCUT2D eigenvalue weighted by Crippen LogP contribution is 2.39. The first-order valence-corrected chi connectivity index (χ1v) is 10.7. The molecule has 0 saturated carbocycles. The van der Waals surface area contributed by atoms with E-state index in [0.29, 0.717) is 0 Å². The molecule has 0 fully saturated rings. The maximum atomic E-state index is 5.85. The van der Waals surface area contributed by atoms with E-state index in [1.54, 1.807) is 0 Å². The van der Waals surface area contributed by atoms with Gasteiger partial charge in [-0.05, 0) is 64.5 Å². The number of rotatable bonds is 5. The van der Waals surface area contributed by atoms with Crippen LogP contribution >= 0.6 is 0 Å². The van der Waals surface area contributed by atoms with E-state index in [0.717, 1.165) is 39.4 Å². The highest BCUT2D eigenvalue weighted by Gasteiger charge is 2.15. The van der Waals surface area contributed by atoms with Crippen molar-refractivity contribution in [1.29, 1.82) is 0 Å². The van der Waals surface area contributed by atoms with Gasteiger partial charge in [0.05, 0.1) is 5.69 Å². The summed E-state index contributed by atoms with van der Waals surface area (Å²) in [4.78, 5) is 2.31. The predicted molar refractivity (Wildman–Crippen MR) is 139 cm³/mol. The molecule has 0 heterocycles. The molecule has 0 atom stereocenters. The third-order valence-corrected chi connectivity index (χ3v) is 5.76. The Labute approximate surface area is 188 Å². The summed E-state index contributed by atoms with van der Waals surface area (Å²) in [6.45, 7) is 3.89. The molecule has 0 radical (unpaired) electrons. The number of benzene rings is 5. The standard InChI is InChI=1S/C30H24N2/c1-2-22-10-18-27(19-11-22)32(30-9-5-7-25-6-3-4-8-29(25)30)28-20-14-24(15-21-28)23-12-16-26(31)17-13-23/h2-21H,1,31H2. The molecule has 0 spiro atoms. The van der Waals surface area contributed by atoms with Gasteiger partial charge < -0.3 is 10.6 Å². The summed E-state index contributed by atoms with van der Waals surface area (Å²) >= 11 is 0. The Morgan fingerprint density at radius 1 is 0.594 bits per heavy atom. The Kier molecular flexibility index (Phi) is 5.19. The molecule has 154 valence electrons. The van der Waals surface area contributed by atoms with Crippen LogP contribution in [0.5, 0.6) is 0 Å². The van der Waals surface area contributed by atoms with Crippen molar-refractivity contribution in [2.75, 3.05) is 10.6 Å². The van der Waals surface area contributed by atoms with Gasteiger partial charge in [-0.15, -0.1) is 0 Å². The summed E-state index contributed by atoms with van der Waals surface area (Å²) in [6, 6.07) is 40.1. The number of nitrogen functional groups attached to an aromatic ring is 1. The first-order chi connectivity index (χ1) is 15.7. The summed E-state index contributed by atoms with van der Waals surface area (Å²) in [7, 11) is 0. The molecular formula is C30H24N2. The fraction of sp³-hybridized carbons (Fsp3) is 0. The fourth-order valence-corrected chi connectivity index (χ4v) is 4.07. The van der Waals surface area contributed by atoms with Crippen molar-refractivity contribution in [3.05, 3.63) is 127 Å². The van der Waals surface area contributed by atoms with E-state index in [4.69, 9.17) is 5.73 Å². The molecule has 0 aliphatic heterocycles. The minimum Gasteiger partial charge on any atom is -0.399 e. The van der Waals surface area contributed by atoms with Gasteiger partial charge in [0.2, 0.25) is 0 Å². The van der Waals surface area contributed by atoms with Crippen molar-refractivity contribution in [3.63, 3.8) is 0 Å². The summed E-state index contributed by atoms with van der Waals surface area (Å²) in [5.41, 5.74) is 13.4. The van der Waals surface area contributed by atoms with Crippen LogP contribution in [0.15, 0.2) is 122 Å². The van der Waals surface area contributed by atoms with Crippen LogP contribution in [-0.2, 0) is 0 Å². The molecule has 5 rings (SSSR count). The molecule has 2 heteroatoms. The number of nitrogens with zero attached hydrogens (tertiary/aromatic N) is 1. The molecule has 0 amide bonds. The lowest BCUT2D eigenvalue weighted by Crippen LogP contribution is -2.10. The largest absolute Gasteiger partial charge is 0.399 e. The number of hydrogen-bond donors (Lipinski definition) is 1. The minimum absolute atomic E-state index is 0.774. The zero-order chi connectivity index (χ0) is 21.9. The summed E-state index contributed by atoms with van der Waals surface area (Å²) < 4.78 is 0. The van der Waals surface area contributed by atoms with Crippen LogP contribution in [0.25, 0.3) is 28.0 Å². The number of anilines is 4. The van der Waals surface area contributed by atoms with Crippen LogP contribution in [0.1, 0.15) is 5.56 Å². The van der Waals surface area contributed by atoms with Crippen LogP contribution in [0.4, 0.5) is 22.7 Å². The molecule has 0 aromatic heterocycles. The molecule has 2 N–H and O–H groups in total. The van der Waals surface area contributed by atoms with Crippen LogP contribution in [0.3, 0.4) is 0 Å². The zero-order valence-electron chi connectivity index (χ0n) is 17.8. The first-order valence-electron chi connectivity index (χ1n) is 10.7. The summed E-state index contributed by atoms with van der Waals surface area (Å²) in [5.74, 6) is 0. The number of hydrogen-bond acceptors (Lipinski definition) is 2. The van der Waals surface area contributed by atoms with Crippen LogP contribution in [0.2, 0.25) is 0 Å². The predicted octanol–water partition coefficient (Wildman–Crippen LogP) is 8.20. The molecule has 5 aromatic rings. The van der Waals surface area contributed by atoms with Gasteiger partial charge in [0.15, 0.2) is 0 Å². The maximum absolute atomic E-state index is 5.85. The highest BCUT2D eigenvalue weighted by molar-refractivity contribution is 5.99. The quantitative estimate of drug-likeness (QED) is 0.295. The van der Waals surface area contributed by atoms with Gasteiger partial charge in [-0.3, -0.25) is 0 Å². The lowest BCUT2D eigenvalue weighted by molar-refractivity contribution is 1.30. The Morgan fingerprint density at radius 2 is 1.16 bits per heavy atom. The average molecular weight is 413 g/mol. The topological polar surface area (TPSA) is 29.3 Å². The van der Waals surface area contributed by atoms with Gasteiger partial charge >= 0.3 is 0 Å². The van der Waals surface area contributed by atoms with E-state index < -0.39 is 0 Å². The van der Waals surface area contributed by atoms with Gasteiger partial charge in [-0.25, -0.2) is 0 Å². The van der Waals surface area contributed by atoms with Crippen molar-refractivity contribution in [1.82, 2.24) is 0 Å². The molecule has 32 heavy (non-hydrogen) atoms. The third kappa shape index (κ3) is 3.75. The van der Waals surface area contributed by atoms with Crippen molar-refractivity contribution in [2.24, 2.45) is 0 Å². The van der Waals surface area contributed by atoms with Crippen LogP contribution in [-0.4, -0.2) is 0 Å². The van der Waals surface area contributed by atoms with Crippen LogP contribution < -0.4 is 10.6 Å². The van der Waals surface area contributed by atoms with Gasteiger partial charge in [0, 0.05) is 22.4 Å². The number of fused-ring (bicyclic) bond motifs is 1. The monoisotopic (exact) mass is 412 g/mol. The fourth-order valence-electron chi connectivity index (χ4n) is 4.07. The van der Waals surface area contributed by atoms with Gasteiger partial charge in [0.25, 0.3) is 0 Å². The molecule has 0 saturated heterocycles. The second-order valence-corrected chi connectivity index (χ2v) is 7.80. The second-order valence-electron chi connectivity index (χ2n) is 7.80. The van der Waals surface area contributed by atoms with E-state index in [9.17, 15) is 0 Å². The van der Waals surface area contributed by atoms with E-state index in [1.165, 1.54) is 10.8 Å². The van der Waals surface area contributed by atoms with Crippen molar-refractivity contribution in [2.45, 2.75) is 0 Å². The van der Waals surface area contributed by atoms with Gasteiger partial charge in [0.1, 0.15) is 0 Å². The molecule has 0 aliphatic rings. The van der Waals surface area contributed by atoms with Crippen LogP contribution in [0, 0.1) is 0 Å². The van der Waals surface area contributed by atoms with Crippen molar-refractivity contribution in [3.8, 4) is 11.1 Å². The smallest absolute Gasteiger partial charge is 0.0540 e. The number of nitrogens with two attached hydrogens (primary N) is 1. The Balaban J connectivity index is 1.64. The SMILES string of the molecule is C=Cc1ccc(N(c2ccc(-c3ccc(N)cc3)cc2)c2cccc3ccccc23)cc1. The lowest BCUT2D eigenvalue weighted by Gasteiger charge is -2.27. The highest BCUT2D eigenvalue weighted by atomic mass is 15.1. The van der Waals surface area contributed by atoms with Gasteiger partial charge in [-0.1, -0.05) is 85.5 Å². The Bertz CT molecular complexity index is 1360. The second kappa shape index (κ2) is 8.44. The van der Waals surface area contributed by atoms with Crippen molar-refractivity contribution >= 4 is 39.6 Å². The van der Waals surface area contributed by atoms with Crippen molar-refractivity contribution < 1.29 is 0 Å². The zero-order valence-corrected chi connectivity index (χ0v) is 17.8.